The fourth-order valence-corrected chi connectivity index (χ4v) is 1.27. The summed E-state index contributed by atoms with van der Waals surface area (Å²) >= 11 is 0. The molecule has 0 saturated carbocycles. The predicted octanol–water partition coefficient (Wildman–Crippen LogP) is 2.35. The van der Waals surface area contributed by atoms with E-state index in [-0.39, 0.29) is 11.8 Å². The lowest BCUT2D eigenvalue weighted by Gasteiger charge is -2.12. The van der Waals surface area contributed by atoms with Crippen molar-refractivity contribution in [3.05, 3.63) is 24.0 Å². The minimum atomic E-state index is -1.02. The Balaban J connectivity index is 2.60. The first-order valence-electron chi connectivity index (χ1n) is 4.99. The summed E-state index contributed by atoms with van der Waals surface area (Å²) in [6.07, 6.45) is 3.60. The van der Waals surface area contributed by atoms with E-state index in [9.17, 15) is 4.79 Å². The molecule has 1 unspecified atom stereocenters. The van der Waals surface area contributed by atoms with Crippen molar-refractivity contribution in [2.45, 2.75) is 32.8 Å². The van der Waals surface area contributed by atoms with Gasteiger partial charge in [-0.05, 0) is 25.5 Å². The number of hydrogen-bond acceptors (Lipinski definition) is 3. The zero-order chi connectivity index (χ0) is 11.3. The van der Waals surface area contributed by atoms with Crippen molar-refractivity contribution in [2.75, 3.05) is 0 Å². The molecule has 1 N–H and O–H groups in total. The summed E-state index contributed by atoms with van der Waals surface area (Å²) in [5.74, 6) is -0.413. The number of carboxylic acid groups (broad SMARTS) is 1. The second kappa shape index (κ2) is 5.34. The third kappa shape index (κ3) is 3.58. The van der Waals surface area contributed by atoms with E-state index in [1.165, 1.54) is 12.3 Å². The Kier molecular flexibility index (Phi) is 4.09. The highest BCUT2D eigenvalue weighted by Crippen LogP contribution is 2.13. The van der Waals surface area contributed by atoms with Crippen LogP contribution in [-0.4, -0.2) is 22.2 Å². The standard InChI is InChI=1S/C11H15NO3/c1-3-4-8(2)15-9-5-6-10(11(13)14)12-7-9/h5-8H,3-4H2,1-2H3,(H,13,14). The SMILES string of the molecule is CCCC(C)Oc1ccc(C(=O)O)nc1. The highest BCUT2D eigenvalue weighted by atomic mass is 16.5. The van der Waals surface area contributed by atoms with Gasteiger partial charge in [-0.2, -0.15) is 0 Å². The van der Waals surface area contributed by atoms with Crippen molar-refractivity contribution in [1.29, 1.82) is 0 Å². The number of nitrogens with zero attached hydrogens (tertiary/aromatic N) is 1. The smallest absolute Gasteiger partial charge is 0.354 e. The second-order valence-corrected chi connectivity index (χ2v) is 3.40. The lowest BCUT2D eigenvalue weighted by molar-refractivity contribution is 0.0690. The number of rotatable bonds is 5. The van der Waals surface area contributed by atoms with Crippen molar-refractivity contribution >= 4 is 5.97 Å². The normalized spacial score (nSPS) is 12.1. The Morgan fingerprint density at radius 3 is 2.80 bits per heavy atom. The molecule has 82 valence electrons. The van der Waals surface area contributed by atoms with Crippen LogP contribution in [-0.2, 0) is 0 Å². The summed E-state index contributed by atoms with van der Waals surface area (Å²) in [4.78, 5) is 14.3. The van der Waals surface area contributed by atoms with Crippen LogP contribution < -0.4 is 4.74 Å². The summed E-state index contributed by atoms with van der Waals surface area (Å²) in [7, 11) is 0. The molecule has 0 aliphatic carbocycles. The number of aromatic carboxylic acids is 1. The van der Waals surface area contributed by atoms with Gasteiger partial charge in [-0.25, -0.2) is 9.78 Å². The molecule has 1 aromatic heterocycles. The van der Waals surface area contributed by atoms with E-state index in [1.807, 2.05) is 6.92 Å². The Morgan fingerprint density at radius 1 is 1.60 bits per heavy atom. The van der Waals surface area contributed by atoms with E-state index in [1.54, 1.807) is 6.07 Å². The van der Waals surface area contributed by atoms with Gasteiger partial charge in [0.15, 0.2) is 0 Å². The number of ether oxygens (including phenoxy) is 1. The monoisotopic (exact) mass is 209 g/mol. The first-order chi connectivity index (χ1) is 7.13. The Bertz CT molecular complexity index is 321. The molecule has 0 spiro atoms. The first-order valence-corrected chi connectivity index (χ1v) is 4.99. The van der Waals surface area contributed by atoms with Crippen molar-refractivity contribution in [3.8, 4) is 5.75 Å². The molecule has 0 fully saturated rings. The van der Waals surface area contributed by atoms with Crippen LogP contribution in [0.15, 0.2) is 18.3 Å². The molecule has 4 heteroatoms. The van der Waals surface area contributed by atoms with Gasteiger partial charge >= 0.3 is 5.97 Å². The molecule has 1 atom stereocenters. The van der Waals surface area contributed by atoms with Gasteiger partial charge < -0.3 is 9.84 Å². The van der Waals surface area contributed by atoms with Gasteiger partial charge in [-0.15, -0.1) is 0 Å². The highest BCUT2D eigenvalue weighted by molar-refractivity contribution is 5.85. The van der Waals surface area contributed by atoms with Crippen LogP contribution in [0.2, 0.25) is 0 Å². The Labute approximate surface area is 88.9 Å². The molecule has 0 bridgehead atoms. The summed E-state index contributed by atoms with van der Waals surface area (Å²) in [6.45, 7) is 4.07. The van der Waals surface area contributed by atoms with Crippen LogP contribution >= 0.6 is 0 Å². The average molecular weight is 209 g/mol. The van der Waals surface area contributed by atoms with Crippen LogP contribution in [0.4, 0.5) is 0 Å². The van der Waals surface area contributed by atoms with Crippen molar-refractivity contribution in [1.82, 2.24) is 4.98 Å². The van der Waals surface area contributed by atoms with Crippen molar-refractivity contribution in [2.24, 2.45) is 0 Å². The maximum absolute atomic E-state index is 10.5. The zero-order valence-corrected chi connectivity index (χ0v) is 8.93. The minimum Gasteiger partial charge on any atom is -0.489 e. The average Bonchev–Trinajstić information content (AvgIpc) is 2.18. The molecule has 0 radical (unpaired) electrons. The quantitative estimate of drug-likeness (QED) is 0.808. The molecule has 15 heavy (non-hydrogen) atoms. The molecular formula is C11H15NO3. The largest absolute Gasteiger partial charge is 0.489 e. The molecule has 1 aromatic rings. The van der Waals surface area contributed by atoms with E-state index >= 15 is 0 Å². The molecule has 1 heterocycles. The minimum absolute atomic E-state index is 0.0329. The van der Waals surface area contributed by atoms with Gasteiger partial charge in [-0.3, -0.25) is 0 Å². The number of aromatic nitrogens is 1. The molecule has 0 aromatic carbocycles. The van der Waals surface area contributed by atoms with Crippen LogP contribution in [0, 0.1) is 0 Å². The van der Waals surface area contributed by atoms with E-state index in [4.69, 9.17) is 9.84 Å². The fraction of sp³-hybridized carbons (Fsp3) is 0.455. The molecular weight excluding hydrogens is 194 g/mol. The number of carboxylic acids is 1. The number of carbonyl (C=O) groups is 1. The van der Waals surface area contributed by atoms with E-state index in [0.717, 1.165) is 12.8 Å². The van der Waals surface area contributed by atoms with Gasteiger partial charge in [0.2, 0.25) is 0 Å². The lowest BCUT2D eigenvalue weighted by atomic mass is 10.2. The van der Waals surface area contributed by atoms with Crippen LogP contribution in [0.25, 0.3) is 0 Å². The summed E-state index contributed by atoms with van der Waals surface area (Å²) < 4.78 is 5.53. The van der Waals surface area contributed by atoms with Crippen LogP contribution in [0.5, 0.6) is 5.75 Å². The molecule has 0 amide bonds. The maximum Gasteiger partial charge on any atom is 0.354 e. The van der Waals surface area contributed by atoms with Gasteiger partial charge in [-0.1, -0.05) is 13.3 Å². The summed E-state index contributed by atoms with van der Waals surface area (Å²) in [5.41, 5.74) is 0.0329. The van der Waals surface area contributed by atoms with E-state index in [0.29, 0.717) is 5.75 Å². The number of pyridine rings is 1. The zero-order valence-electron chi connectivity index (χ0n) is 8.93. The Morgan fingerprint density at radius 2 is 2.33 bits per heavy atom. The van der Waals surface area contributed by atoms with Gasteiger partial charge in [0.05, 0.1) is 12.3 Å². The topological polar surface area (TPSA) is 59.4 Å². The predicted molar refractivity (Wildman–Crippen MR) is 56.2 cm³/mol. The number of hydrogen-bond donors (Lipinski definition) is 1. The van der Waals surface area contributed by atoms with Gasteiger partial charge in [0, 0.05) is 0 Å². The van der Waals surface area contributed by atoms with Gasteiger partial charge in [0.25, 0.3) is 0 Å². The third-order valence-corrected chi connectivity index (χ3v) is 1.99. The fourth-order valence-electron chi connectivity index (χ4n) is 1.27. The second-order valence-electron chi connectivity index (χ2n) is 3.40. The molecule has 0 saturated heterocycles. The van der Waals surface area contributed by atoms with Crippen molar-refractivity contribution in [3.63, 3.8) is 0 Å². The summed E-state index contributed by atoms with van der Waals surface area (Å²) in [5, 5.41) is 8.64. The van der Waals surface area contributed by atoms with E-state index in [2.05, 4.69) is 11.9 Å². The highest BCUT2D eigenvalue weighted by Gasteiger charge is 2.06. The third-order valence-electron chi connectivity index (χ3n) is 1.99. The molecule has 0 aliphatic rings. The summed E-state index contributed by atoms with van der Waals surface area (Å²) in [6, 6.07) is 3.07. The van der Waals surface area contributed by atoms with Crippen LogP contribution in [0.3, 0.4) is 0 Å². The van der Waals surface area contributed by atoms with E-state index < -0.39 is 5.97 Å². The molecule has 4 nitrogen and oxygen atoms in total. The van der Waals surface area contributed by atoms with Gasteiger partial charge in [0.1, 0.15) is 11.4 Å². The Hall–Kier alpha value is -1.58. The maximum atomic E-state index is 10.5. The van der Waals surface area contributed by atoms with Crippen LogP contribution in [0.1, 0.15) is 37.2 Å². The van der Waals surface area contributed by atoms with Crippen molar-refractivity contribution < 1.29 is 14.6 Å². The lowest BCUT2D eigenvalue weighted by Crippen LogP contribution is -2.11. The molecule has 0 aliphatic heterocycles. The first kappa shape index (κ1) is 11.5. The molecule has 1 rings (SSSR count).